The third kappa shape index (κ3) is 3.62. The van der Waals surface area contributed by atoms with Crippen LogP contribution >= 0.6 is 12.4 Å². The molecule has 2 rings (SSSR count). The minimum atomic E-state index is -0.241. The molecular weight excluding hydrogens is 254 g/mol. The van der Waals surface area contributed by atoms with Crippen molar-refractivity contribution < 1.29 is 15.0 Å². The molecule has 1 aromatic rings. The summed E-state index contributed by atoms with van der Waals surface area (Å²) in [6.07, 6.45) is 3.53. The van der Waals surface area contributed by atoms with Crippen molar-refractivity contribution in [2.24, 2.45) is 0 Å². The number of halogens is 1. The first-order valence-electron chi connectivity index (χ1n) is 5.94. The van der Waals surface area contributed by atoms with Crippen LogP contribution in [0.25, 0.3) is 0 Å². The number of benzene rings is 1. The number of carbonyl (C=O) groups is 1. The quantitative estimate of drug-likeness (QED) is 0.653. The normalized spacial score (nSPS) is 16.0. The first-order valence-corrected chi connectivity index (χ1v) is 5.94. The van der Waals surface area contributed by atoms with Gasteiger partial charge in [0.1, 0.15) is 0 Å². The lowest BCUT2D eigenvalue weighted by Gasteiger charge is -2.25. The Bertz CT molecular complexity index is 417. The van der Waals surface area contributed by atoms with E-state index in [1.807, 2.05) is 0 Å². The van der Waals surface area contributed by atoms with E-state index >= 15 is 0 Å². The summed E-state index contributed by atoms with van der Waals surface area (Å²) in [5.74, 6) is -0.448. The van der Waals surface area contributed by atoms with Gasteiger partial charge in [0.25, 0.3) is 0 Å². The van der Waals surface area contributed by atoms with E-state index in [2.05, 4.69) is 4.90 Å². The molecule has 0 saturated carbocycles. The summed E-state index contributed by atoms with van der Waals surface area (Å²) in [5, 5.41) is 18.5. The Morgan fingerprint density at radius 3 is 2.39 bits per heavy atom. The van der Waals surface area contributed by atoms with Gasteiger partial charge in [-0.05, 0) is 44.1 Å². The molecule has 0 amide bonds. The molecule has 1 aliphatic heterocycles. The van der Waals surface area contributed by atoms with Gasteiger partial charge >= 0.3 is 0 Å². The van der Waals surface area contributed by atoms with E-state index in [0.29, 0.717) is 12.1 Å². The van der Waals surface area contributed by atoms with Crippen molar-refractivity contribution in [2.75, 3.05) is 19.6 Å². The Hall–Kier alpha value is -1.26. The fourth-order valence-corrected chi connectivity index (χ4v) is 2.11. The number of likely N-dealkylation sites (tertiary alicyclic amines) is 1. The number of hydrogen-bond donors (Lipinski definition) is 2. The number of piperidine rings is 1. The van der Waals surface area contributed by atoms with Crippen LogP contribution in [0.4, 0.5) is 0 Å². The van der Waals surface area contributed by atoms with Crippen LogP contribution in [-0.4, -0.2) is 40.5 Å². The maximum atomic E-state index is 11.9. The fraction of sp³-hybridized carbons (Fsp3) is 0.462. The van der Waals surface area contributed by atoms with E-state index in [1.54, 1.807) is 6.07 Å². The van der Waals surface area contributed by atoms with Gasteiger partial charge in [-0.15, -0.1) is 12.4 Å². The van der Waals surface area contributed by atoms with Crippen molar-refractivity contribution in [2.45, 2.75) is 19.3 Å². The number of nitrogens with zero attached hydrogens (tertiary/aromatic N) is 1. The van der Waals surface area contributed by atoms with Gasteiger partial charge in [-0.25, -0.2) is 0 Å². The molecule has 1 saturated heterocycles. The van der Waals surface area contributed by atoms with Gasteiger partial charge < -0.3 is 10.2 Å². The Labute approximate surface area is 113 Å². The van der Waals surface area contributed by atoms with Crippen LogP contribution in [0.5, 0.6) is 11.5 Å². The highest BCUT2D eigenvalue weighted by Crippen LogP contribution is 2.25. The molecular formula is C13H18ClNO3. The van der Waals surface area contributed by atoms with E-state index in [9.17, 15) is 15.0 Å². The molecule has 100 valence electrons. The molecule has 0 spiro atoms. The van der Waals surface area contributed by atoms with E-state index in [1.165, 1.54) is 18.6 Å². The molecule has 2 N–H and O–H groups in total. The summed E-state index contributed by atoms with van der Waals surface area (Å²) in [4.78, 5) is 14.1. The van der Waals surface area contributed by atoms with E-state index < -0.39 is 0 Å². The lowest BCUT2D eigenvalue weighted by molar-refractivity contribution is 0.0915. The van der Waals surface area contributed by atoms with Crippen LogP contribution in [0, 0.1) is 0 Å². The van der Waals surface area contributed by atoms with Gasteiger partial charge in [-0.2, -0.15) is 0 Å². The number of Topliss-reactive ketones (excluding diaryl/α,β-unsaturated/α-hetero) is 1. The van der Waals surface area contributed by atoms with E-state index in [-0.39, 0.29) is 29.7 Å². The minimum Gasteiger partial charge on any atom is -0.504 e. The zero-order valence-corrected chi connectivity index (χ0v) is 10.9. The van der Waals surface area contributed by atoms with Crippen molar-refractivity contribution in [1.29, 1.82) is 0 Å². The summed E-state index contributed by atoms with van der Waals surface area (Å²) >= 11 is 0. The molecule has 5 heteroatoms. The second-order valence-corrected chi connectivity index (χ2v) is 4.46. The van der Waals surface area contributed by atoms with Gasteiger partial charge in [0.2, 0.25) is 0 Å². The Morgan fingerprint density at radius 2 is 1.78 bits per heavy atom. The SMILES string of the molecule is Cl.O=C(CN1CCCCC1)c1ccc(O)c(O)c1. The third-order valence-electron chi connectivity index (χ3n) is 3.11. The average molecular weight is 272 g/mol. The average Bonchev–Trinajstić information content (AvgIpc) is 2.34. The van der Waals surface area contributed by atoms with Crippen LogP contribution in [-0.2, 0) is 0 Å². The second kappa shape index (κ2) is 6.61. The lowest BCUT2D eigenvalue weighted by atomic mass is 10.1. The zero-order chi connectivity index (χ0) is 12.3. The summed E-state index contributed by atoms with van der Waals surface area (Å²) in [7, 11) is 0. The van der Waals surface area contributed by atoms with Gasteiger partial charge in [0, 0.05) is 5.56 Å². The number of hydrogen-bond acceptors (Lipinski definition) is 4. The molecule has 4 nitrogen and oxygen atoms in total. The number of phenolic OH excluding ortho intramolecular Hbond substituents is 2. The molecule has 0 unspecified atom stereocenters. The molecule has 1 heterocycles. The molecule has 1 aromatic carbocycles. The number of phenols is 2. The topological polar surface area (TPSA) is 60.8 Å². The molecule has 0 aliphatic carbocycles. The van der Waals surface area contributed by atoms with Crippen LogP contribution in [0.2, 0.25) is 0 Å². The largest absolute Gasteiger partial charge is 0.504 e. The fourth-order valence-electron chi connectivity index (χ4n) is 2.11. The molecule has 1 fully saturated rings. The van der Waals surface area contributed by atoms with Crippen molar-refractivity contribution in [1.82, 2.24) is 4.90 Å². The van der Waals surface area contributed by atoms with Crippen LogP contribution in [0.3, 0.4) is 0 Å². The smallest absolute Gasteiger partial charge is 0.176 e. The highest BCUT2D eigenvalue weighted by molar-refractivity contribution is 5.98. The van der Waals surface area contributed by atoms with Crippen LogP contribution in [0.15, 0.2) is 18.2 Å². The number of ketones is 1. The maximum absolute atomic E-state index is 11.9. The van der Waals surface area contributed by atoms with Crippen molar-refractivity contribution in [3.05, 3.63) is 23.8 Å². The van der Waals surface area contributed by atoms with Gasteiger partial charge in [-0.3, -0.25) is 9.69 Å². The summed E-state index contributed by atoms with van der Waals surface area (Å²) < 4.78 is 0. The number of aromatic hydroxyl groups is 2. The molecule has 0 bridgehead atoms. The summed E-state index contributed by atoms with van der Waals surface area (Å²) in [5.41, 5.74) is 0.450. The molecule has 0 radical (unpaired) electrons. The van der Waals surface area contributed by atoms with E-state index in [4.69, 9.17) is 0 Å². The molecule has 1 aliphatic rings. The lowest BCUT2D eigenvalue weighted by Crippen LogP contribution is -2.34. The molecule has 0 aromatic heterocycles. The van der Waals surface area contributed by atoms with Crippen molar-refractivity contribution >= 4 is 18.2 Å². The number of carbonyl (C=O) groups excluding carboxylic acids is 1. The minimum absolute atomic E-state index is 0. The van der Waals surface area contributed by atoms with Crippen molar-refractivity contribution in [3.63, 3.8) is 0 Å². The Morgan fingerprint density at radius 1 is 1.11 bits per heavy atom. The third-order valence-corrected chi connectivity index (χ3v) is 3.11. The summed E-state index contributed by atoms with van der Waals surface area (Å²) in [6, 6.07) is 4.21. The maximum Gasteiger partial charge on any atom is 0.176 e. The highest BCUT2D eigenvalue weighted by atomic mass is 35.5. The van der Waals surface area contributed by atoms with Crippen LogP contribution in [0.1, 0.15) is 29.6 Å². The first kappa shape index (κ1) is 14.8. The summed E-state index contributed by atoms with van der Waals surface area (Å²) in [6.45, 7) is 2.33. The van der Waals surface area contributed by atoms with Crippen LogP contribution < -0.4 is 0 Å². The number of rotatable bonds is 3. The predicted octanol–water partition coefficient (Wildman–Crippen LogP) is 2.19. The molecule has 18 heavy (non-hydrogen) atoms. The van der Waals surface area contributed by atoms with Crippen molar-refractivity contribution in [3.8, 4) is 11.5 Å². The second-order valence-electron chi connectivity index (χ2n) is 4.46. The standard InChI is InChI=1S/C13H17NO3.ClH/c15-11-5-4-10(8-12(11)16)13(17)9-14-6-2-1-3-7-14;/h4-5,8,15-16H,1-3,6-7,9H2;1H. The van der Waals surface area contributed by atoms with Gasteiger partial charge in [-0.1, -0.05) is 6.42 Å². The zero-order valence-electron chi connectivity index (χ0n) is 10.1. The van der Waals surface area contributed by atoms with E-state index in [0.717, 1.165) is 25.9 Å². The van der Waals surface area contributed by atoms with Gasteiger partial charge in [0.15, 0.2) is 17.3 Å². The highest BCUT2D eigenvalue weighted by Gasteiger charge is 2.15. The molecule has 0 atom stereocenters. The first-order chi connectivity index (χ1) is 8.16. The Kier molecular flexibility index (Phi) is 5.44. The monoisotopic (exact) mass is 271 g/mol. The predicted molar refractivity (Wildman–Crippen MR) is 71.6 cm³/mol. The van der Waals surface area contributed by atoms with Gasteiger partial charge in [0.05, 0.1) is 6.54 Å². The Balaban J connectivity index is 0.00000162.